The van der Waals surface area contributed by atoms with Crippen LogP contribution in [0.2, 0.25) is 0 Å². The first-order chi connectivity index (χ1) is 8.90. The molecule has 0 saturated heterocycles. The summed E-state index contributed by atoms with van der Waals surface area (Å²) in [5.74, 6) is 0.836. The minimum absolute atomic E-state index is 0.722. The largest absolute Gasteiger partial charge is 0.397 e. The maximum absolute atomic E-state index is 5.80. The molecule has 3 nitrogen and oxygen atoms in total. The monoisotopic (exact) mass is 255 g/mol. The molecule has 0 amide bonds. The zero-order valence-corrected chi connectivity index (χ0v) is 12.3. The van der Waals surface area contributed by atoms with Crippen molar-refractivity contribution >= 4 is 17.2 Å². The van der Waals surface area contributed by atoms with Crippen molar-refractivity contribution < 1.29 is 0 Å². The van der Waals surface area contributed by atoms with Crippen molar-refractivity contribution in [3.63, 3.8) is 0 Å². The van der Waals surface area contributed by atoms with Crippen LogP contribution in [-0.2, 0) is 0 Å². The van der Waals surface area contributed by atoms with E-state index in [9.17, 15) is 0 Å². The molecule has 1 aromatic heterocycles. The number of nitrogens with two attached hydrogens (primary N) is 1. The first-order valence-electron chi connectivity index (χ1n) is 6.47. The van der Waals surface area contributed by atoms with Gasteiger partial charge in [0, 0.05) is 5.69 Å². The van der Waals surface area contributed by atoms with Crippen LogP contribution in [0.25, 0.3) is 0 Å². The number of nitrogens with zero attached hydrogens (tertiary/aromatic N) is 1. The standard InChI is InChI=1S/C16H21N3/c1-9-8-10(2)12(4)16(11(9)3)19-15-7-6-14(17)13(5)18-15/h6-8H,17H2,1-5H3,(H,18,19). The van der Waals surface area contributed by atoms with Gasteiger partial charge in [0.1, 0.15) is 5.82 Å². The molecule has 0 radical (unpaired) electrons. The molecule has 2 rings (SSSR count). The van der Waals surface area contributed by atoms with E-state index in [0.29, 0.717) is 0 Å². The SMILES string of the molecule is Cc1cc(C)c(C)c(Nc2ccc(N)c(C)n2)c1C. The van der Waals surface area contributed by atoms with E-state index in [1.54, 1.807) is 0 Å². The molecule has 100 valence electrons. The maximum Gasteiger partial charge on any atom is 0.130 e. The Balaban J connectivity index is 2.46. The van der Waals surface area contributed by atoms with E-state index in [2.05, 4.69) is 44.1 Å². The number of hydrogen-bond donors (Lipinski definition) is 2. The highest BCUT2D eigenvalue weighted by molar-refractivity contribution is 5.68. The van der Waals surface area contributed by atoms with Gasteiger partial charge < -0.3 is 11.1 Å². The fraction of sp³-hybridized carbons (Fsp3) is 0.312. The Hall–Kier alpha value is -2.03. The number of nitrogen functional groups attached to an aromatic ring is 1. The fourth-order valence-electron chi connectivity index (χ4n) is 2.17. The molecule has 3 N–H and O–H groups in total. The third-order valence-corrected chi connectivity index (χ3v) is 3.75. The Bertz CT molecular complexity index is 604. The van der Waals surface area contributed by atoms with Crippen LogP contribution in [0.1, 0.15) is 27.9 Å². The summed E-state index contributed by atoms with van der Waals surface area (Å²) in [6, 6.07) is 6.02. The first kappa shape index (κ1) is 13.4. The van der Waals surface area contributed by atoms with Crippen LogP contribution in [0.15, 0.2) is 18.2 Å². The highest BCUT2D eigenvalue weighted by Crippen LogP contribution is 2.29. The molecule has 0 unspecified atom stereocenters. The minimum Gasteiger partial charge on any atom is -0.397 e. The Kier molecular flexibility index (Phi) is 3.47. The van der Waals surface area contributed by atoms with Gasteiger partial charge in [0.05, 0.1) is 11.4 Å². The van der Waals surface area contributed by atoms with E-state index in [0.717, 1.165) is 22.9 Å². The van der Waals surface area contributed by atoms with Crippen LogP contribution in [0.5, 0.6) is 0 Å². The van der Waals surface area contributed by atoms with Gasteiger partial charge in [0.15, 0.2) is 0 Å². The van der Waals surface area contributed by atoms with Gasteiger partial charge in [-0.1, -0.05) is 6.07 Å². The van der Waals surface area contributed by atoms with E-state index < -0.39 is 0 Å². The second-order valence-corrected chi connectivity index (χ2v) is 5.13. The molecule has 19 heavy (non-hydrogen) atoms. The molecule has 0 aliphatic rings. The second-order valence-electron chi connectivity index (χ2n) is 5.13. The van der Waals surface area contributed by atoms with E-state index in [1.165, 1.54) is 22.3 Å². The molecule has 0 aliphatic heterocycles. The van der Waals surface area contributed by atoms with Gasteiger partial charge in [-0.05, 0) is 69.0 Å². The summed E-state index contributed by atoms with van der Waals surface area (Å²) in [7, 11) is 0. The zero-order chi connectivity index (χ0) is 14.2. The molecule has 0 saturated carbocycles. The maximum atomic E-state index is 5.80. The number of aryl methyl sites for hydroxylation is 3. The van der Waals surface area contributed by atoms with Crippen LogP contribution in [-0.4, -0.2) is 4.98 Å². The van der Waals surface area contributed by atoms with Gasteiger partial charge in [-0.25, -0.2) is 4.98 Å². The zero-order valence-electron chi connectivity index (χ0n) is 12.3. The van der Waals surface area contributed by atoms with Gasteiger partial charge in [-0.15, -0.1) is 0 Å². The Morgan fingerprint density at radius 2 is 1.53 bits per heavy atom. The van der Waals surface area contributed by atoms with E-state index in [1.807, 2.05) is 19.1 Å². The number of nitrogens with one attached hydrogen (secondary N) is 1. The van der Waals surface area contributed by atoms with Crippen LogP contribution >= 0.6 is 0 Å². The minimum atomic E-state index is 0.722. The van der Waals surface area contributed by atoms with E-state index >= 15 is 0 Å². The molecule has 0 spiro atoms. The molecule has 0 bridgehead atoms. The van der Waals surface area contributed by atoms with Crippen molar-refractivity contribution in [1.29, 1.82) is 0 Å². The Morgan fingerprint density at radius 3 is 2.05 bits per heavy atom. The fourth-order valence-corrected chi connectivity index (χ4v) is 2.17. The Labute approximate surface area is 114 Å². The molecular formula is C16H21N3. The topological polar surface area (TPSA) is 50.9 Å². The van der Waals surface area contributed by atoms with Crippen LogP contribution in [0, 0.1) is 34.6 Å². The molecule has 0 fully saturated rings. The van der Waals surface area contributed by atoms with Crippen LogP contribution in [0.4, 0.5) is 17.2 Å². The average Bonchev–Trinajstić information content (AvgIpc) is 2.36. The van der Waals surface area contributed by atoms with Crippen molar-refractivity contribution in [2.45, 2.75) is 34.6 Å². The summed E-state index contributed by atoms with van der Waals surface area (Å²) in [5.41, 5.74) is 13.6. The summed E-state index contributed by atoms with van der Waals surface area (Å²) < 4.78 is 0. The molecule has 1 aromatic carbocycles. The molecule has 1 heterocycles. The van der Waals surface area contributed by atoms with Gasteiger partial charge in [0.2, 0.25) is 0 Å². The summed E-state index contributed by atoms with van der Waals surface area (Å²) >= 11 is 0. The van der Waals surface area contributed by atoms with Crippen molar-refractivity contribution in [1.82, 2.24) is 4.98 Å². The van der Waals surface area contributed by atoms with Gasteiger partial charge in [0.25, 0.3) is 0 Å². The first-order valence-corrected chi connectivity index (χ1v) is 6.47. The van der Waals surface area contributed by atoms with Crippen molar-refractivity contribution in [3.8, 4) is 0 Å². The molecule has 0 aliphatic carbocycles. The van der Waals surface area contributed by atoms with Gasteiger partial charge in [-0.2, -0.15) is 0 Å². The van der Waals surface area contributed by atoms with Crippen LogP contribution in [0.3, 0.4) is 0 Å². The summed E-state index contributed by atoms with van der Waals surface area (Å²) in [4.78, 5) is 4.47. The number of benzene rings is 1. The van der Waals surface area contributed by atoms with Crippen LogP contribution < -0.4 is 11.1 Å². The predicted octanol–water partition coefficient (Wildman–Crippen LogP) is 3.95. The number of hydrogen-bond acceptors (Lipinski definition) is 3. The lowest BCUT2D eigenvalue weighted by Gasteiger charge is -2.17. The lowest BCUT2D eigenvalue weighted by atomic mass is 9.99. The number of rotatable bonds is 2. The molecular weight excluding hydrogens is 234 g/mol. The average molecular weight is 255 g/mol. The highest BCUT2D eigenvalue weighted by atomic mass is 15.0. The third-order valence-electron chi connectivity index (χ3n) is 3.75. The van der Waals surface area contributed by atoms with Gasteiger partial charge in [-0.3, -0.25) is 0 Å². The normalized spacial score (nSPS) is 10.6. The Morgan fingerprint density at radius 1 is 0.947 bits per heavy atom. The van der Waals surface area contributed by atoms with E-state index in [-0.39, 0.29) is 0 Å². The lowest BCUT2D eigenvalue weighted by molar-refractivity contribution is 1.18. The van der Waals surface area contributed by atoms with Crippen molar-refractivity contribution in [2.75, 3.05) is 11.1 Å². The highest BCUT2D eigenvalue weighted by Gasteiger charge is 2.09. The lowest BCUT2D eigenvalue weighted by Crippen LogP contribution is -2.03. The van der Waals surface area contributed by atoms with E-state index in [4.69, 9.17) is 5.73 Å². The molecule has 3 heteroatoms. The number of pyridine rings is 1. The van der Waals surface area contributed by atoms with Gasteiger partial charge >= 0.3 is 0 Å². The predicted molar refractivity (Wildman–Crippen MR) is 82.1 cm³/mol. The quantitative estimate of drug-likeness (QED) is 0.854. The summed E-state index contributed by atoms with van der Waals surface area (Å²) in [6.45, 7) is 10.5. The number of anilines is 3. The molecule has 0 atom stereocenters. The van der Waals surface area contributed by atoms with Crippen molar-refractivity contribution in [3.05, 3.63) is 46.1 Å². The molecule has 2 aromatic rings. The second kappa shape index (κ2) is 4.92. The smallest absolute Gasteiger partial charge is 0.130 e. The summed E-state index contributed by atoms with van der Waals surface area (Å²) in [6.07, 6.45) is 0. The third kappa shape index (κ3) is 2.55. The number of aromatic nitrogens is 1. The summed E-state index contributed by atoms with van der Waals surface area (Å²) in [5, 5.41) is 3.42. The van der Waals surface area contributed by atoms with Crippen molar-refractivity contribution in [2.24, 2.45) is 0 Å².